The molecule has 0 spiro atoms. The molecule has 0 saturated heterocycles. The standard InChI is InChI=1S/C13H14ClNO2/c1-9(14)8-15-13(16)12-11-5-3-2-4-10(11)6-7-17-12/h2-5,12H,1,6-8H2,(H,15,16). The molecular weight excluding hydrogens is 238 g/mol. The van der Waals surface area contributed by atoms with Gasteiger partial charge >= 0.3 is 0 Å². The molecule has 0 saturated carbocycles. The molecule has 2 rings (SSSR count). The van der Waals surface area contributed by atoms with Crippen molar-refractivity contribution in [1.29, 1.82) is 0 Å². The van der Waals surface area contributed by atoms with Gasteiger partial charge in [-0.15, -0.1) is 0 Å². The third-order valence-electron chi connectivity index (χ3n) is 2.69. The number of carbonyl (C=O) groups is 1. The number of amides is 1. The second-order valence-electron chi connectivity index (χ2n) is 3.93. The number of hydrogen-bond acceptors (Lipinski definition) is 2. The molecule has 0 aromatic heterocycles. The molecule has 1 atom stereocenters. The molecule has 90 valence electrons. The fourth-order valence-corrected chi connectivity index (χ4v) is 1.95. The predicted octanol–water partition coefficient (Wildman–Crippen LogP) is 2.17. The second kappa shape index (κ2) is 5.34. The summed E-state index contributed by atoms with van der Waals surface area (Å²) in [6, 6.07) is 7.83. The van der Waals surface area contributed by atoms with Crippen LogP contribution in [0.25, 0.3) is 0 Å². The SMILES string of the molecule is C=C(Cl)CNC(=O)C1OCCc2ccccc21. The van der Waals surface area contributed by atoms with Crippen molar-refractivity contribution in [2.75, 3.05) is 13.2 Å². The number of ether oxygens (including phenoxy) is 1. The molecule has 1 aromatic carbocycles. The summed E-state index contributed by atoms with van der Waals surface area (Å²) in [5, 5.41) is 3.10. The Morgan fingerprint density at radius 3 is 3.06 bits per heavy atom. The fourth-order valence-electron chi connectivity index (χ4n) is 1.89. The van der Waals surface area contributed by atoms with Gasteiger partial charge in [0, 0.05) is 5.03 Å². The maximum atomic E-state index is 11.9. The van der Waals surface area contributed by atoms with E-state index in [1.807, 2.05) is 24.3 Å². The molecular formula is C13H14ClNO2. The highest BCUT2D eigenvalue weighted by Gasteiger charge is 2.26. The zero-order chi connectivity index (χ0) is 12.3. The van der Waals surface area contributed by atoms with Crippen LogP contribution in [0.4, 0.5) is 0 Å². The molecule has 0 aliphatic carbocycles. The predicted molar refractivity (Wildman–Crippen MR) is 66.8 cm³/mol. The van der Waals surface area contributed by atoms with Crippen molar-refractivity contribution in [3.05, 3.63) is 47.0 Å². The summed E-state index contributed by atoms with van der Waals surface area (Å²) in [7, 11) is 0. The topological polar surface area (TPSA) is 38.3 Å². The minimum absolute atomic E-state index is 0.168. The summed E-state index contributed by atoms with van der Waals surface area (Å²) in [5.74, 6) is -0.168. The van der Waals surface area contributed by atoms with Crippen LogP contribution in [0, 0.1) is 0 Å². The maximum Gasteiger partial charge on any atom is 0.254 e. The number of rotatable bonds is 3. The Kier molecular flexibility index (Phi) is 3.82. The zero-order valence-electron chi connectivity index (χ0n) is 9.41. The maximum absolute atomic E-state index is 11.9. The van der Waals surface area contributed by atoms with Gasteiger partial charge in [0.05, 0.1) is 13.2 Å². The molecule has 3 nitrogen and oxygen atoms in total. The average Bonchev–Trinajstić information content (AvgIpc) is 2.35. The lowest BCUT2D eigenvalue weighted by Crippen LogP contribution is -2.34. The third-order valence-corrected chi connectivity index (χ3v) is 2.82. The van der Waals surface area contributed by atoms with Gasteiger partial charge in [-0.2, -0.15) is 0 Å². The van der Waals surface area contributed by atoms with Crippen LogP contribution >= 0.6 is 11.6 Å². The molecule has 4 heteroatoms. The van der Waals surface area contributed by atoms with Crippen LogP contribution in [0.3, 0.4) is 0 Å². The highest BCUT2D eigenvalue weighted by Crippen LogP contribution is 2.26. The lowest BCUT2D eigenvalue weighted by molar-refractivity contribution is -0.133. The van der Waals surface area contributed by atoms with Crippen LogP contribution in [-0.2, 0) is 16.0 Å². The molecule has 1 amide bonds. The summed E-state index contributed by atoms with van der Waals surface area (Å²) in [5.41, 5.74) is 2.11. The molecule has 1 aliphatic heterocycles. The third kappa shape index (κ3) is 2.87. The van der Waals surface area contributed by atoms with Crippen molar-refractivity contribution in [3.63, 3.8) is 0 Å². The second-order valence-corrected chi connectivity index (χ2v) is 4.47. The Labute approximate surface area is 105 Å². The van der Waals surface area contributed by atoms with Gasteiger partial charge in [0.1, 0.15) is 0 Å². The van der Waals surface area contributed by atoms with E-state index < -0.39 is 6.10 Å². The monoisotopic (exact) mass is 251 g/mol. The molecule has 0 radical (unpaired) electrons. The van der Waals surface area contributed by atoms with Crippen molar-refractivity contribution in [2.45, 2.75) is 12.5 Å². The van der Waals surface area contributed by atoms with E-state index in [-0.39, 0.29) is 12.5 Å². The van der Waals surface area contributed by atoms with Crippen LogP contribution in [0.1, 0.15) is 17.2 Å². The molecule has 1 heterocycles. The number of fused-ring (bicyclic) bond motifs is 1. The van der Waals surface area contributed by atoms with Gasteiger partial charge in [0.25, 0.3) is 5.91 Å². The van der Waals surface area contributed by atoms with E-state index in [1.54, 1.807) is 0 Å². The van der Waals surface area contributed by atoms with E-state index in [9.17, 15) is 4.79 Å². The number of nitrogens with one attached hydrogen (secondary N) is 1. The Hall–Kier alpha value is -1.32. The number of halogens is 1. The van der Waals surface area contributed by atoms with Crippen LogP contribution in [0.2, 0.25) is 0 Å². The number of carbonyl (C=O) groups excluding carboxylic acids is 1. The van der Waals surface area contributed by atoms with E-state index >= 15 is 0 Å². The number of hydrogen-bond donors (Lipinski definition) is 1. The van der Waals surface area contributed by atoms with E-state index in [4.69, 9.17) is 16.3 Å². The molecule has 1 aliphatic rings. The molecule has 1 aromatic rings. The zero-order valence-corrected chi connectivity index (χ0v) is 10.2. The van der Waals surface area contributed by atoms with Crippen LogP contribution < -0.4 is 5.32 Å². The Balaban J connectivity index is 2.12. The van der Waals surface area contributed by atoms with Crippen molar-refractivity contribution < 1.29 is 9.53 Å². The summed E-state index contributed by atoms with van der Waals surface area (Å²) in [6.07, 6.45) is 0.318. The lowest BCUT2D eigenvalue weighted by atomic mass is 9.97. The Morgan fingerprint density at radius 2 is 2.29 bits per heavy atom. The van der Waals surface area contributed by atoms with Crippen LogP contribution in [0.15, 0.2) is 35.9 Å². The minimum atomic E-state index is -0.532. The summed E-state index contributed by atoms with van der Waals surface area (Å²) >= 11 is 5.61. The first-order valence-electron chi connectivity index (χ1n) is 5.49. The minimum Gasteiger partial charge on any atom is -0.363 e. The first-order valence-corrected chi connectivity index (χ1v) is 5.86. The van der Waals surface area contributed by atoms with Crippen LogP contribution in [0.5, 0.6) is 0 Å². The normalized spacial score (nSPS) is 18.3. The summed E-state index contributed by atoms with van der Waals surface area (Å²) < 4.78 is 5.51. The molecule has 1 unspecified atom stereocenters. The first-order chi connectivity index (χ1) is 8.18. The first kappa shape index (κ1) is 12.1. The fraction of sp³-hybridized carbons (Fsp3) is 0.308. The average molecular weight is 252 g/mol. The Morgan fingerprint density at radius 1 is 1.53 bits per heavy atom. The van der Waals surface area contributed by atoms with Crippen molar-refractivity contribution >= 4 is 17.5 Å². The van der Waals surface area contributed by atoms with Crippen molar-refractivity contribution in [2.24, 2.45) is 0 Å². The van der Waals surface area contributed by atoms with Gasteiger partial charge < -0.3 is 10.1 Å². The lowest BCUT2D eigenvalue weighted by Gasteiger charge is -2.25. The summed E-state index contributed by atoms with van der Waals surface area (Å²) in [4.78, 5) is 11.9. The van der Waals surface area contributed by atoms with Gasteiger partial charge in [-0.25, -0.2) is 0 Å². The van der Waals surface area contributed by atoms with Crippen LogP contribution in [-0.4, -0.2) is 19.1 Å². The van der Waals surface area contributed by atoms with Crippen molar-refractivity contribution in [3.8, 4) is 0 Å². The highest BCUT2D eigenvalue weighted by molar-refractivity contribution is 6.29. The molecule has 0 fully saturated rings. The molecule has 0 bridgehead atoms. The molecule has 17 heavy (non-hydrogen) atoms. The van der Waals surface area contributed by atoms with E-state index in [2.05, 4.69) is 11.9 Å². The van der Waals surface area contributed by atoms with E-state index in [0.29, 0.717) is 11.6 Å². The van der Waals surface area contributed by atoms with Gasteiger partial charge in [0.15, 0.2) is 6.10 Å². The number of benzene rings is 1. The van der Waals surface area contributed by atoms with E-state index in [1.165, 1.54) is 5.56 Å². The Bertz CT molecular complexity index is 445. The smallest absolute Gasteiger partial charge is 0.254 e. The highest BCUT2D eigenvalue weighted by atomic mass is 35.5. The molecule has 1 N–H and O–H groups in total. The van der Waals surface area contributed by atoms with E-state index in [0.717, 1.165) is 12.0 Å². The van der Waals surface area contributed by atoms with Gasteiger partial charge in [-0.3, -0.25) is 4.79 Å². The van der Waals surface area contributed by atoms with Gasteiger partial charge in [-0.05, 0) is 17.5 Å². The van der Waals surface area contributed by atoms with Gasteiger partial charge in [-0.1, -0.05) is 42.4 Å². The van der Waals surface area contributed by atoms with Crippen molar-refractivity contribution in [1.82, 2.24) is 5.32 Å². The summed E-state index contributed by atoms with van der Waals surface area (Å²) in [6.45, 7) is 4.36. The largest absolute Gasteiger partial charge is 0.363 e. The van der Waals surface area contributed by atoms with Gasteiger partial charge in [0.2, 0.25) is 0 Å². The quantitative estimate of drug-likeness (QED) is 0.894.